The fourth-order valence-electron chi connectivity index (χ4n) is 2.72. The van der Waals surface area contributed by atoms with Crippen LogP contribution in [0.25, 0.3) is 5.57 Å². The topological polar surface area (TPSA) is 54.9 Å². The molecule has 0 fully saturated rings. The van der Waals surface area contributed by atoms with Crippen LogP contribution in [0.2, 0.25) is 0 Å². The maximum absolute atomic E-state index is 12.5. The molecule has 0 radical (unpaired) electrons. The van der Waals surface area contributed by atoms with Crippen LogP contribution in [0.15, 0.2) is 29.8 Å². The van der Waals surface area contributed by atoms with Crippen molar-refractivity contribution in [3.8, 4) is 0 Å². The molecule has 0 N–H and O–H groups in total. The van der Waals surface area contributed by atoms with Gasteiger partial charge in [0.1, 0.15) is 10.6 Å². The summed E-state index contributed by atoms with van der Waals surface area (Å²) in [6, 6.07) is -0.118. The van der Waals surface area contributed by atoms with Crippen LogP contribution in [0.3, 0.4) is 0 Å². The molecule has 1 amide bonds. The Kier molecular flexibility index (Phi) is 6.37. The first-order valence-electron chi connectivity index (χ1n) is 8.27. The standard InChI is InChI=1S/C18H27N3O3S/c1-7-9-23-20(6)14-12-21(17(22)24-18(3,4)5)11-13(2)15(14)16-19-8-10-25-16/h7-8,10,14H,1,9,11-12H2,2-6H3. The zero-order valence-electron chi connectivity index (χ0n) is 15.6. The second kappa shape index (κ2) is 8.12. The van der Waals surface area contributed by atoms with E-state index >= 15 is 0 Å². The predicted molar refractivity (Wildman–Crippen MR) is 100 cm³/mol. The summed E-state index contributed by atoms with van der Waals surface area (Å²) in [5, 5.41) is 4.69. The van der Waals surface area contributed by atoms with Crippen molar-refractivity contribution >= 4 is 23.0 Å². The molecular weight excluding hydrogens is 338 g/mol. The molecule has 7 heteroatoms. The van der Waals surface area contributed by atoms with Crippen molar-refractivity contribution in [3.05, 3.63) is 34.8 Å². The lowest BCUT2D eigenvalue weighted by atomic mass is 9.97. The second-order valence-electron chi connectivity index (χ2n) is 7.04. The van der Waals surface area contributed by atoms with Gasteiger partial charge in [0.25, 0.3) is 0 Å². The maximum Gasteiger partial charge on any atom is 0.410 e. The van der Waals surface area contributed by atoms with E-state index in [1.165, 1.54) is 0 Å². The molecule has 1 aliphatic rings. The SMILES string of the molecule is C=CCON(C)C1CN(C(=O)OC(C)(C)C)CC(C)=C1c1nccs1. The number of hydrogen-bond donors (Lipinski definition) is 0. The van der Waals surface area contributed by atoms with Gasteiger partial charge >= 0.3 is 6.09 Å². The zero-order valence-corrected chi connectivity index (χ0v) is 16.4. The van der Waals surface area contributed by atoms with Gasteiger partial charge in [0.05, 0.1) is 12.6 Å². The van der Waals surface area contributed by atoms with Gasteiger partial charge in [0.15, 0.2) is 0 Å². The van der Waals surface area contributed by atoms with E-state index in [-0.39, 0.29) is 12.1 Å². The first-order valence-corrected chi connectivity index (χ1v) is 9.15. The summed E-state index contributed by atoms with van der Waals surface area (Å²) >= 11 is 1.59. The van der Waals surface area contributed by atoms with E-state index in [1.807, 2.05) is 40.1 Å². The van der Waals surface area contributed by atoms with Crippen molar-refractivity contribution in [2.45, 2.75) is 39.3 Å². The van der Waals surface area contributed by atoms with E-state index in [1.54, 1.807) is 33.6 Å². The van der Waals surface area contributed by atoms with Crippen LogP contribution in [-0.4, -0.2) is 59.4 Å². The molecule has 1 atom stereocenters. The summed E-state index contributed by atoms with van der Waals surface area (Å²) in [4.78, 5) is 24.4. The van der Waals surface area contributed by atoms with Gasteiger partial charge in [-0.25, -0.2) is 9.78 Å². The van der Waals surface area contributed by atoms with Crippen molar-refractivity contribution < 1.29 is 14.4 Å². The molecule has 25 heavy (non-hydrogen) atoms. The lowest BCUT2D eigenvalue weighted by Gasteiger charge is -2.39. The molecule has 1 unspecified atom stereocenters. The summed E-state index contributed by atoms with van der Waals surface area (Å²) in [5.74, 6) is 0. The van der Waals surface area contributed by atoms with Crippen LogP contribution in [0.1, 0.15) is 32.7 Å². The minimum absolute atomic E-state index is 0.118. The fourth-order valence-corrected chi connectivity index (χ4v) is 3.53. The van der Waals surface area contributed by atoms with Gasteiger partial charge in [-0.15, -0.1) is 17.9 Å². The Hall–Kier alpha value is -1.70. The van der Waals surface area contributed by atoms with Crippen molar-refractivity contribution in [1.29, 1.82) is 0 Å². The van der Waals surface area contributed by atoms with Crippen LogP contribution >= 0.6 is 11.3 Å². The van der Waals surface area contributed by atoms with Crippen LogP contribution < -0.4 is 0 Å². The van der Waals surface area contributed by atoms with Gasteiger partial charge in [0.2, 0.25) is 0 Å². The number of nitrogens with zero attached hydrogens (tertiary/aromatic N) is 3. The highest BCUT2D eigenvalue weighted by atomic mass is 32.1. The Morgan fingerprint density at radius 3 is 2.84 bits per heavy atom. The predicted octanol–water partition coefficient (Wildman–Crippen LogP) is 3.59. The lowest BCUT2D eigenvalue weighted by Crippen LogP contribution is -2.50. The molecule has 0 aromatic carbocycles. The molecule has 6 nitrogen and oxygen atoms in total. The average Bonchev–Trinajstić information content (AvgIpc) is 3.04. The van der Waals surface area contributed by atoms with E-state index < -0.39 is 5.60 Å². The quantitative estimate of drug-likeness (QED) is 0.590. The summed E-state index contributed by atoms with van der Waals surface area (Å²) in [6.45, 7) is 12.7. The van der Waals surface area contributed by atoms with E-state index in [0.29, 0.717) is 19.7 Å². The minimum atomic E-state index is -0.523. The highest BCUT2D eigenvalue weighted by Crippen LogP contribution is 2.32. The molecule has 1 aliphatic heterocycles. The summed E-state index contributed by atoms with van der Waals surface area (Å²) in [5.41, 5.74) is 1.68. The normalized spacial score (nSPS) is 18.6. The molecule has 138 valence electrons. The number of thiazole rings is 1. The van der Waals surface area contributed by atoms with E-state index in [4.69, 9.17) is 9.57 Å². The highest BCUT2D eigenvalue weighted by Gasteiger charge is 2.35. The molecule has 1 aromatic heterocycles. The third kappa shape index (κ3) is 5.14. The molecule has 2 heterocycles. The third-order valence-corrected chi connectivity index (χ3v) is 4.57. The molecular formula is C18H27N3O3S. The van der Waals surface area contributed by atoms with E-state index in [0.717, 1.165) is 16.2 Å². The molecule has 0 saturated carbocycles. The smallest absolute Gasteiger partial charge is 0.410 e. The number of carbonyl (C=O) groups is 1. The molecule has 0 aliphatic carbocycles. The minimum Gasteiger partial charge on any atom is -0.444 e. The van der Waals surface area contributed by atoms with Crippen LogP contribution in [-0.2, 0) is 9.57 Å². The zero-order chi connectivity index (χ0) is 18.6. The number of hydrogen-bond acceptors (Lipinski definition) is 6. The number of amides is 1. The van der Waals surface area contributed by atoms with Gasteiger partial charge in [0, 0.05) is 37.3 Å². The van der Waals surface area contributed by atoms with Crippen LogP contribution in [0, 0.1) is 0 Å². The number of aromatic nitrogens is 1. The monoisotopic (exact) mass is 365 g/mol. The lowest BCUT2D eigenvalue weighted by molar-refractivity contribution is -0.148. The molecule has 1 aromatic rings. The van der Waals surface area contributed by atoms with Crippen molar-refractivity contribution in [3.63, 3.8) is 0 Å². The molecule has 0 saturated heterocycles. The third-order valence-electron chi connectivity index (χ3n) is 3.76. The first-order chi connectivity index (χ1) is 11.7. The van der Waals surface area contributed by atoms with E-state index in [9.17, 15) is 4.79 Å². The first kappa shape index (κ1) is 19.6. The van der Waals surface area contributed by atoms with Crippen LogP contribution in [0.5, 0.6) is 0 Å². The maximum atomic E-state index is 12.5. The Balaban J connectivity index is 2.29. The van der Waals surface area contributed by atoms with E-state index in [2.05, 4.69) is 11.6 Å². The number of carbonyl (C=O) groups excluding carboxylic acids is 1. The Bertz CT molecular complexity index is 634. The van der Waals surface area contributed by atoms with Gasteiger partial charge < -0.3 is 9.64 Å². The largest absolute Gasteiger partial charge is 0.444 e. The van der Waals surface area contributed by atoms with Crippen molar-refractivity contribution in [2.75, 3.05) is 26.7 Å². The van der Waals surface area contributed by atoms with Crippen molar-refractivity contribution in [1.82, 2.24) is 14.9 Å². The summed E-state index contributed by atoms with van der Waals surface area (Å²) in [7, 11) is 1.87. The van der Waals surface area contributed by atoms with Crippen molar-refractivity contribution in [2.24, 2.45) is 0 Å². The Morgan fingerprint density at radius 1 is 1.56 bits per heavy atom. The van der Waals surface area contributed by atoms with Gasteiger partial charge in [-0.1, -0.05) is 6.08 Å². The average molecular weight is 365 g/mol. The molecule has 2 rings (SSSR count). The second-order valence-corrected chi connectivity index (χ2v) is 7.93. The number of ether oxygens (including phenoxy) is 1. The Labute approximate surface area is 153 Å². The molecule has 0 spiro atoms. The number of rotatable bonds is 5. The van der Waals surface area contributed by atoms with Gasteiger partial charge in [-0.2, -0.15) is 5.06 Å². The summed E-state index contributed by atoms with van der Waals surface area (Å²) in [6.07, 6.45) is 3.18. The van der Waals surface area contributed by atoms with Gasteiger partial charge in [-0.3, -0.25) is 4.84 Å². The Morgan fingerprint density at radius 2 is 2.28 bits per heavy atom. The van der Waals surface area contributed by atoms with Gasteiger partial charge in [-0.05, 0) is 33.3 Å². The molecule has 0 bridgehead atoms. The number of hydroxylamine groups is 2. The highest BCUT2D eigenvalue weighted by molar-refractivity contribution is 7.10. The summed E-state index contributed by atoms with van der Waals surface area (Å²) < 4.78 is 5.54. The fraction of sp³-hybridized carbons (Fsp3) is 0.556. The van der Waals surface area contributed by atoms with Crippen LogP contribution in [0.4, 0.5) is 4.79 Å². The number of likely N-dealkylation sites (N-methyl/N-ethyl adjacent to an activating group) is 1.